The van der Waals surface area contributed by atoms with Crippen molar-refractivity contribution in [1.29, 1.82) is 0 Å². The highest BCUT2D eigenvalue weighted by atomic mass is 16.5. The third-order valence-corrected chi connectivity index (χ3v) is 3.28. The minimum absolute atomic E-state index is 0.289. The highest BCUT2D eigenvalue weighted by Crippen LogP contribution is 2.19. The Morgan fingerprint density at radius 1 is 1.24 bits per heavy atom. The monoisotopic (exact) mass is 288 g/mol. The zero-order valence-corrected chi connectivity index (χ0v) is 12.8. The molecule has 0 N–H and O–H groups in total. The number of methoxy groups -OCH3 is 1. The zero-order chi connectivity index (χ0) is 15.4. The fourth-order valence-corrected chi connectivity index (χ4v) is 2.16. The number of ether oxygens (including phenoxy) is 2. The standard InChI is InChI=1S/C16H20N2O3/c1-11-5-6-14(10-15(11)20-4)16(19)21-8-7-18-13(3)9-12(2)17-18/h5-6,9-10H,7-8H2,1-4H3. The summed E-state index contributed by atoms with van der Waals surface area (Å²) in [5.74, 6) is 0.331. The topological polar surface area (TPSA) is 53.4 Å². The summed E-state index contributed by atoms with van der Waals surface area (Å²) in [4.78, 5) is 12.0. The lowest BCUT2D eigenvalue weighted by Gasteiger charge is -2.09. The van der Waals surface area contributed by atoms with Crippen LogP contribution >= 0.6 is 0 Å². The lowest BCUT2D eigenvalue weighted by Crippen LogP contribution is -2.13. The Kier molecular flexibility index (Phi) is 4.62. The first-order valence-corrected chi connectivity index (χ1v) is 6.84. The summed E-state index contributed by atoms with van der Waals surface area (Å²) in [5, 5.41) is 4.32. The maximum absolute atomic E-state index is 12.0. The van der Waals surface area contributed by atoms with Crippen molar-refractivity contribution in [1.82, 2.24) is 9.78 Å². The van der Waals surface area contributed by atoms with E-state index in [0.717, 1.165) is 17.0 Å². The average Bonchev–Trinajstić information content (AvgIpc) is 2.77. The van der Waals surface area contributed by atoms with Crippen LogP contribution in [0.5, 0.6) is 5.75 Å². The molecule has 0 radical (unpaired) electrons. The third kappa shape index (κ3) is 3.62. The lowest BCUT2D eigenvalue weighted by molar-refractivity contribution is 0.0486. The maximum atomic E-state index is 12.0. The summed E-state index contributed by atoms with van der Waals surface area (Å²) in [6, 6.07) is 7.27. The Hall–Kier alpha value is -2.30. The number of carbonyl (C=O) groups excluding carboxylic acids is 1. The van der Waals surface area contributed by atoms with Crippen LogP contribution < -0.4 is 4.74 Å². The molecular formula is C16H20N2O3. The van der Waals surface area contributed by atoms with Crippen LogP contribution in [0, 0.1) is 20.8 Å². The molecule has 21 heavy (non-hydrogen) atoms. The number of aryl methyl sites for hydroxylation is 3. The van der Waals surface area contributed by atoms with Gasteiger partial charge in [-0.05, 0) is 44.5 Å². The number of hydrogen-bond donors (Lipinski definition) is 0. The van der Waals surface area contributed by atoms with E-state index >= 15 is 0 Å². The minimum Gasteiger partial charge on any atom is -0.496 e. The van der Waals surface area contributed by atoms with E-state index in [9.17, 15) is 4.79 Å². The molecule has 112 valence electrons. The number of esters is 1. The van der Waals surface area contributed by atoms with Gasteiger partial charge in [0.1, 0.15) is 12.4 Å². The second kappa shape index (κ2) is 6.43. The molecule has 0 aliphatic carbocycles. The quantitative estimate of drug-likeness (QED) is 0.794. The molecule has 0 aliphatic heterocycles. The molecule has 0 aliphatic rings. The number of aromatic nitrogens is 2. The molecule has 0 spiro atoms. The van der Waals surface area contributed by atoms with Crippen LogP contribution in [-0.2, 0) is 11.3 Å². The third-order valence-electron chi connectivity index (χ3n) is 3.28. The van der Waals surface area contributed by atoms with Gasteiger partial charge in [-0.3, -0.25) is 4.68 Å². The average molecular weight is 288 g/mol. The van der Waals surface area contributed by atoms with Crippen LogP contribution in [-0.4, -0.2) is 29.5 Å². The Balaban J connectivity index is 1.94. The van der Waals surface area contributed by atoms with Gasteiger partial charge in [0.15, 0.2) is 0 Å². The van der Waals surface area contributed by atoms with Crippen molar-refractivity contribution < 1.29 is 14.3 Å². The molecule has 0 bridgehead atoms. The van der Waals surface area contributed by atoms with Crippen molar-refractivity contribution in [3.8, 4) is 5.75 Å². The smallest absolute Gasteiger partial charge is 0.338 e. The van der Waals surface area contributed by atoms with Crippen LogP contribution in [0.1, 0.15) is 27.3 Å². The molecule has 1 aromatic carbocycles. The predicted molar refractivity (Wildman–Crippen MR) is 79.7 cm³/mol. The lowest BCUT2D eigenvalue weighted by atomic mass is 10.1. The second-order valence-corrected chi connectivity index (χ2v) is 4.97. The number of nitrogens with zero attached hydrogens (tertiary/aromatic N) is 2. The molecular weight excluding hydrogens is 268 g/mol. The van der Waals surface area contributed by atoms with Gasteiger partial charge in [-0.25, -0.2) is 4.79 Å². The van der Waals surface area contributed by atoms with E-state index < -0.39 is 0 Å². The first-order valence-electron chi connectivity index (χ1n) is 6.84. The van der Waals surface area contributed by atoms with E-state index in [4.69, 9.17) is 9.47 Å². The number of hydrogen-bond acceptors (Lipinski definition) is 4. The second-order valence-electron chi connectivity index (χ2n) is 4.97. The van der Waals surface area contributed by atoms with E-state index in [0.29, 0.717) is 17.9 Å². The van der Waals surface area contributed by atoms with Gasteiger partial charge in [-0.2, -0.15) is 5.10 Å². The summed E-state index contributed by atoms with van der Waals surface area (Å²) >= 11 is 0. The first-order chi connectivity index (χ1) is 10.0. The molecule has 1 aromatic heterocycles. The van der Waals surface area contributed by atoms with Crippen molar-refractivity contribution in [2.45, 2.75) is 27.3 Å². The summed E-state index contributed by atoms with van der Waals surface area (Å²) in [7, 11) is 1.58. The number of rotatable bonds is 5. The number of carbonyl (C=O) groups is 1. The largest absolute Gasteiger partial charge is 0.496 e. The van der Waals surface area contributed by atoms with Crippen molar-refractivity contribution in [2.75, 3.05) is 13.7 Å². The van der Waals surface area contributed by atoms with Gasteiger partial charge in [-0.1, -0.05) is 6.07 Å². The van der Waals surface area contributed by atoms with Crippen molar-refractivity contribution >= 4 is 5.97 Å². The SMILES string of the molecule is COc1cc(C(=O)OCCn2nc(C)cc2C)ccc1C. The van der Waals surface area contributed by atoms with Crippen LogP contribution in [0.15, 0.2) is 24.3 Å². The van der Waals surface area contributed by atoms with Crippen LogP contribution in [0.4, 0.5) is 0 Å². The van der Waals surface area contributed by atoms with Gasteiger partial charge in [0.25, 0.3) is 0 Å². The van der Waals surface area contributed by atoms with Crippen LogP contribution in [0.2, 0.25) is 0 Å². The van der Waals surface area contributed by atoms with Crippen molar-refractivity contribution in [2.24, 2.45) is 0 Å². The molecule has 0 fully saturated rings. The molecule has 1 heterocycles. The summed E-state index contributed by atoms with van der Waals surface area (Å²) < 4.78 is 12.3. The molecule has 0 atom stereocenters. The normalized spacial score (nSPS) is 10.5. The van der Waals surface area contributed by atoms with Crippen molar-refractivity contribution in [3.63, 3.8) is 0 Å². The summed E-state index contributed by atoms with van der Waals surface area (Å²) in [6.45, 7) is 6.68. The molecule has 0 saturated heterocycles. The van der Waals surface area contributed by atoms with Crippen molar-refractivity contribution in [3.05, 3.63) is 46.8 Å². The van der Waals surface area contributed by atoms with Gasteiger partial charge in [0, 0.05) is 5.69 Å². The summed E-state index contributed by atoms with van der Waals surface area (Å²) in [5.41, 5.74) is 3.49. The van der Waals surface area contributed by atoms with Crippen LogP contribution in [0.25, 0.3) is 0 Å². The van der Waals surface area contributed by atoms with Crippen LogP contribution in [0.3, 0.4) is 0 Å². The van der Waals surface area contributed by atoms with E-state index in [1.807, 2.05) is 37.6 Å². The molecule has 0 amide bonds. The predicted octanol–water partition coefficient (Wildman–Crippen LogP) is 2.67. The fourth-order valence-electron chi connectivity index (χ4n) is 2.16. The first kappa shape index (κ1) is 15.1. The fraction of sp³-hybridized carbons (Fsp3) is 0.375. The highest BCUT2D eigenvalue weighted by Gasteiger charge is 2.10. The molecule has 5 heteroatoms. The van der Waals surface area contributed by atoms with E-state index in [-0.39, 0.29) is 12.6 Å². The summed E-state index contributed by atoms with van der Waals surface area (Å²) in [6.07, 6.45) is 0. The van der Waals surface area contributed by atoms with Gasteiger partial charge < -0.3 is 9.47 Å². The molecule has 2 aromatic rings. The molecule has 5 nitrogen and oxygen atoms in total. The van der Waals surface area contributed by atoms with E-state index in [1.165, 1.54) is 0 Å². The van der Waals surface area contributed by atoms with Gasteiger partial charge in [-0.15, -0.1) is 0 Å². The Morgan fingerprint density at radius 2 is 2.00 bits per heavy atom. The van der Waals surface area contributed by atoms with E-state index in [1.54, 1.807) is 19.2 Å². The zero-order valence-electron chi connectivity index (χ0n) is 12.8. The Morgan fingerprint density at radius 3 is 2.62 bits per heavy atom. The highest BCUT2D eigenvalue weighted by molar-refractivity contribution is 5.90. The number of benzene rings is 1. The van der Waals surface area contributed by atoms with Gasteiger partial charge >= 0.3 is 5.97 Å². The minimum atomic E-state index is -0.352. The van der Waals surface area contributed by atoms with Gasteiger partial charge in [0.05, 0.1) is 24.9 Å². The Labute approximate surface area is 124 Å². The molecule has 2 rings (SSSR count). The molecule has 0 unspecified atom stereocenters. The van der Waals surface area contributed by atoms with E-state index in [2.05, 4.69) is 5.10 Å². The Bertz CT molecular complexity index is 647. The molecule has 0 saturated carbocycles. The van der Waals surface area contributed by atoms with Gasteiger partial charge in [0.2, 0.25) is 0 Å². The maximum Gasteiger partial charge on any atom is 0.338 e.